The Kier molecular flexibility index (Phi) is 9.78. The van der Waals surface area contributed by atoms with Crippen LogP contribution >= 0.6 is 0 Å². The van der Waals surface area contributed by atoms with Crippen LogP contribution in [0.3, 0.4) is 0 Å². The van der Waals surface area contributed by atoms with E-state index >= 15 is 0 Å². The lowest BCUT2D eigenvalue weighted by Gasteiger charge is -2.36. The molecule has 2 rings (SSSR count). The van der Waals surface area contributed by atoms with Gasteiger partial charge < -0.3 is 18.3 Å². The van der Waals surface area contributed by atoms with Crippen molar-refractivity contribution in [2.45, 2.75) is 77.8 Å². The average molecular weight is 530 g/mol. The van der Waals surface area contributed by atoms with Gasteiger partial charge in [0.25, 0.3) is 0 Å². The Bertz CT molecular complexity index is 1040. The highest BCUT2D eigenvalue weighted by Gasteiger charge is 2.37. The number of rotatable bonds is 11. The minimum absolute atomic E-state index is 0.155. The van der Waals surface area contributed by atoms with Gasteiger partial charge in [0.05, 0.1) is 20.3 Å². The first-order chi connectivity index (χ1) is 16.5. The zero-order valence-corrected chi connectivity index (χ0v) is 26.4. The number of hydrogen-bond acceptors (Lipinski definition) is 5. The molecule has 1 aromatic carbocycles. The molecule has 1 aromatic heterocycles. The highest BCUT2D eigenvalue weighted by molar-refractivity contribution is 6.74. The quantitative estimate of drug-likeness (QED) is 0.217. The highest BCUT2D eigenvalue weighted by Crippen LogP contribution is 2.38. The van der Waals surface area contributed by atoms with E-state index in [1.165, 1.54) is 0 Å². The Morgan fingerprint density at radius 3 is 2.00 bits per heavy atom. The van der Waals surface area contributed by atoms with Crippen LogP contribution in [0, 0.1) is 0 Å². The third kappa shape index (κ3) is 7.78. The van der Waals surface area contributed by atoms with Crippen molar-refractivity contribution in [2.24, 2.45) is 0 Å². The summed E-state index contributed by atoms with van der Waals surface area (Å²) in [5, 5.41) is 0.324. The predicted molar refractivity (Wildman–Crippen MR) is 157 cm³/mol. The Hall–Kier alpha value is -1.94. The molecule has 7 heteroatoms. The van der Waals surface area contributed by atoms with Gasteiger partial charge >= 0.3 is 0 Å². The Balaban J connectivity index is 2.14. The van der Waals surface area contributed by atoms with Crippen molar-refractivity contribution < 1.29 is 18.3 Å². The maximum Gasteiger partial charge on any atom is 0.192 e. The van der Waals surface area contributed by atoms with Gasteiger partial charge in [-0.1, -0.05) is 54.2 Å². The Morgan fingerprint density at radius 1 is 0.806 bits per heavy atom. The molecule has 0 aliphatic rings. The van der Waals surface area contributed by atoms with Gasteiger partial charge in [-0.15, -0.1) is 0 Å². The van der Waals surface area contributed by atoms with Gasteiger partial charge in [0.15, 0.2) is 28.1 Å². The molecule has 0 saturated carbocycles. The second-order valence-corrected chi connectivity index (χ2v) is 22.1. The molecule has 2 aromatic rings. The Labute approximate surface area is 221 Å². The van der Waals surface area contributed by atoms with E-state index in [0.717, 1.165) is 22.3 Å². The topological polar surface area (TPSA) is 49.8 Å². The molecule has 0 saturated heterocycles. The lowest BCUT2D eigenvalue weighted by molar-refractivity contribution is 0.199. The van der Waals surface area contributed by atoms with Crippen molar-refractivity contribution in [3.63, 3.8) is 0 Å². The van der Waals surface area contributed by atoms with Gasteiger partial charge in [-0.25, -0.2) is 0 Å². The number of hydrogen-bond donors (Lipinski definition) is 0. The molecule has 0 bridgehead atoms. The molecular weight excluding hydrogens is 482 g/mol. The van der Waals surface area contributed by atoms with E-state index in [0.29, 0.717) is 31.3 Å². The number of methoxy groups -OCH3 is 1. The Morgan fingerprint density at radius 2 is 1.42 bits per heavy atom. The molecule has 1 heterocycles. The summed E-state index contributed by atoms with van der Waals surface area (Å²) in [6, 6.07) is 8.06. The van der Waals surface area contributed by atoms with Crippen LogP contribution in [0.4, 0.5) is 0 Å². The van der Waals surface area contributed by atoms with Crippen LogP contribution in [0.2, 0.25) is 36.3 Å². The van der Waals surface area contributed by atoms with E-state index in [-0.39, 0.29) is 10.1 Å². The lowest BCUT2D eigenvalue weighted by Crippen LogP contribution is -2.41. The minimum Gasteiger partial charge on any atom is -0.493 e. The summed E-state index contributed by atoms with van der Waals surface area (Å²) in [5.74, 6) is 1.39. The van der Waals surface area contributed by atoms with Crippen molar-refractivity contribution in [3.8, 4) is 22.6 Å². The average Bonchev–Trinajstić information content (AvgIpc) is 2.78. The summed E-state index contributed by atoms with van der Waals surface area (Å²) in [6.45, 7) is 28.3. The first-order valence-electron chi connectivity index (χ1n) is 12.7. The highest BCUT2D eigenvalue weighted by atomic mass is 28.4. The summed E-state index contributed by atoms with van der Waals surface area (Å²) in [4.78, 5) is 4.48. The summed E-state index contributed by atoms with van der Waals surface area (Å²) in [6.07, 6.45) is 3.71. The van der Waals surface area contributed by atoms with Crippen LogP contribution in [0.15, 0.2) is 43.2 Å². The van der Waals surface area contributed by atoms with Crippen LogP contribution in [0.5, 0.6) is 11.5 Å². The van der Waals surface area contributed by atoms with Crippen LogP contribution in [0.25, 0.3) is 16.7 Å². The van der Waals surface area contributed by atoms with Gasteiger partial charge in [-0.05, 0) is 71.2 Å². The fourth-order valence-electron chi connectivity index (χ4n) is 2.99. The van der Waals surface area contributed by atoms with Gasteiger partial charge in [-0.2, -0.15) is 0 Å². The van der Waals surface area contributed by atoms with Gasteiger partial charge in [-0.3, -0.25) is 4.98 Å². The van der Waals surface area contributed by atoms with Crippen LogP contribution in [-0.4, -0.2) is 48.5 Å². The van der Waals surface area contributed by atoms with Crippen molar-refractivity contribution in [3.05, 3.63) is 48.8 Å². The normalized spacial score (nSPS) is 13.0. The molecule has 0 amide bonds. The van der Waals surface area contributed by atoms with Crippen molar-refractivity contribution in [1.82, 2.24) is 4.98 Å². The van der Waals surface area contributed by atoms with Gasteiger partial charge in [0.2, 0.25) is 0 Å². The number of pyridine rings is 1. The third-order valence-corrected chi connectivity index (χ3v) is 16.7. The molecular formula is C29H47NO4Si2. The number of nitrogens with zero attached hydrogens (tertiary/aromatic N) is 1. The molecule has 0 atom stereocenters. The zero-order valence-electron chi connectivity index (χ0n) is 24.4. The number of ether oxygens (including phenoxy) is 2. The lowest BCUT2D eigenvalue weighted by atomic mass is 10.0. The smallest absolute Gasteiger partial charge is 0.192 e. The van der Waals surface area contributed by atoms with E-state index in [1.54, 1.807) is 7.11 Å². The van der Waals surface area contributed by atoms with E-state index < -0.39 is 16.6 Å². The van der Waals surface area contributed by atoms with Crippen LogP contribution in [-0.2, 0) is 8.85 Å². The molecule has 5 nitrogen and oxygen atoms in total. The standard InChI is InChI=1S/C29H47NO4Si2/c1-22(21-34-36(11,12)29(5,6)7)24-17-25(20-30-19-24)23-13-14-26(31-8)27(18-23)32-15-16-33-35(9,10)28(2,3)4/h13-14,17-20H,1,15-16,21H2,2-12H3. The van der Waals surface area contributed by atoms with Crippen molar-refractivity contribution in [1.29, 1.82) is 0 Å². The van der Waals surface area contributed by atoms with Crippen molar-refractivity contribution >= 4 is 22.2 Å². The minimum atomic E-state index is -1.85. The summed E-state index contributed by atoms with van der Waals surface area (Å²) < 4.78 is 24.3. The monoisotopic (exact) mass is 529 g/mol. The van der Waals surface area contributed by atoms with Crippen LogP contribution in [0.1, 0.15) is 47.1 Å². The predicted octanol–water partition coefficient (Wildman–Crippen LogP) is 8.19. The molecule has 0 aliphatic carbocycles. The van der Waals surface area contributed by atoms with E-state index in [1.807, 2.05) is 30.6 Å². The van der Waals surface area contributed by atoms with E-state index in [4.69, 9.17) is 18.3 Å². The van der Waals surface area contributed by atoms with Gasteiger partial charge in [0, 0.05) is 18.0 Å². The molecule has 200 valence electrons. The number of benzene rings is 1. The maximum absolute atomic E-state index is 6.37. The summed E-state index contributed by atoms with van der Waals surface area (Å²) in [7, 11) is -2.01. The molecule has 0 aliphatic heterocycles. The summed E-state index contributed by atoms with van der Waals surface area (Å²) in [5.41, 5.74) is 3.91. The van der Waals surface area contributed by atoms with Gasteiger partial charge in [0.1, 0.15) is 6.61 Å². The second-order valence-electron chi connectivity index (χ2n) is 12.4. The fourth-order valence-corrected chi connectivity index (χ4v) is 4.99. The number of aromatic nitrogens is 1. The largest absolute Gasteiger partial charge is 0.493 e. The first-order valence-corrected chi connectivity index (χ1v) is 18.5. The zero-order chi connectivity index (χ0) is 27.4. The molecule has 0 N–H and O–H groups in total. The fraction of sp³-hybridized carbons (Fsp3) is 0.552. The molecule has 36 heavy (non-hydrogen) atoms. The van der Waals surface area contributed by atoms with E-state index in [9.17, 15) is 0 Å². The SMILES string of the molecule is C=C(CO[Si](C)(C)C(C)(C)C)c1cncc(-c2ccc(OC)c(OCCO[Si](C)(C)C(C)(C)C)c2)c1. The van der Waals surface area contributed by atoms with Crippen molar-refractivity contribution in [2.75, 3.05) is 26.9 Å². The van der Waals surface area contributed by atoms with Crippen LogP contribution < -0.4 is 9.47 Å². The maximum atomic E-state index is 6.37. The first kappa shape index (κ1) is 30.3. The molecule has 0 fully saturated rings. The second kappa shape index (κ2) is 11.6. The van der Waals surface area contributed by atoms with E-state index in [2.05, 4.69) is 85.4 Å². The molecule has 0 unspecified atom stereocenters. The molecule has 0 spiro atoms. The summed E-state index contributed by atoms with van der Waals surface area (Å²) >= 11 is 0. The third-order valence-electron chi connectivity index (χ3n) is 7.67. The molecule has 0 radical (unpaired) electrons.